The van der Waals surface area contributed by atoms with Gasteiger partial charge >= 0.3 is 0 Å². The van der Waals surface area contributed by atoms with Crippen LogP contribution in [0.15, 0.2) is 0 Å². The minimum atomic E-state index is -1.13. The van der Waals surface area contributed by atoms with Gasteiger partial charge in [0.2, 0.25) is 0 Å². The number of hydrogen-bond acceptors (Lipinski definition) is 5. The van der Waals surface area contributed by atoms with Crippen molar-refractivity contribution in [2.24, 2.45) is 0 Å². The van der Waals surface area contributed by atoms with Crippen molar-refractivity contribution in [3.05, 3.63) is 0 Å². The van der Waals surface area contributed by atoms with Crippen LogP contribution in [0.4, 0.5) is 0 Å². The highest BCUT2D eigenvalue weighted by Gasteiger charge is 2.37. The third-order valence-electron chi connectivity index (χ3n) is 3.32. The first-order valence-electron chi connectivity index (χ1n) is 6.83. The summed E-state index contributed by atoms with van der Waals surface area (Å²) in [6.45, 7) is 4.84. The Labute approximate surface area is 109 Å². The van der Waals surface area contributed by atoms with Crippen molar-refractivity contribution < 1.29 is 24.8 Å². The molecule has 0 radical (unpaired) electrons. The molecule has 1 saturated heterocycles. The van der Waals surface area contributed by atoms with Crippen LogP contribution in [-0.4, -0.2) is 59.1 Å². The molecule has 0 bridgehead atoms. The monoisotopic (exact) mass is 262 g/mol. The van der Waals surface area contributed by atoms with Gasteiger partial charge in [-0.25, -0.2) is 0 Å². The fourth-order valence-corrected chi connectivity index (χ4v) is 2.11. The van der Waals surface area contributed by atoms with Gasteiger partial charge in [-0.05, 0) is 13.3 Å². The van der Waals surface area contributed by atoms with Gasteiger partial charge in [0.15, 0.2) is 0 Å². The average Bonchev–Trinajstić information content (AvgIpc) is 2.35. The fraction of sp³-hybridized carbons (Fsp3) is 1.00. The van der Waals surface area contributed by atoms with Crippen molar-refractivity contribution in [2.45, 2.75) is 70.1 Å². The Morgan fingerprint density at radius 2 is 1.94 bits per heavy atom. The van der Waals surface area contributed by atoms with E-state index in [0.717, 1.165) is 19.3 Å². The molecule has 0 aromatic carbocycles. The maximum absolute atomic E-state index is 9.78. The molecule has 0 amide bonds. The van der Waals surface area contributed by atoms with E-state index in [0.29, 0.717) is 13.0 Å². The molecule has 3 N–H and O–H groups in total. The van der Waals surface area contributed by atoms with Gasteiger partial charge in [-0.3, -0.25) is 0 Å². The molecule has 1 aliphatic rings. The molecule has 5 heteroatoms. The molecule has 1 unspecified atom stereocenters. The quantitative estimate of drug-likeness (QED) is 0.581. The summed E-state index contributed by atoms with van der Waals surface area (Å²) in [6.07, 6.45) is 0.205. The summed E-state index contributed by atoms with van der Waals surface area (Å²) in [5.41, 5.74) is 0. The zero-order valence-corrected chi connectivity index (χ0v) is 11.3. The van der Waals surface area contributed by atoms with Crippen LogP contribution in [0.5, 0.6) is 0 Å². The lowest BCUT2D eigenvalue weighted by atomic mass is 9.96. The third kappa shape index (κ3) is 4.82. The summed E-state index contributed by atoms with van der Waals surface area (Å²) >= 11 is 0. The van der Waals surface area contributed by atoms with Crippen molar-refractivity contribution in [3.8, 4) is 0 Å². The summed E-state index contributed by atoms with van der Waals surface area (Å²) in [6, 6.07) is 0. The van der Waals surface area contributed by atoms with Crippen molar-refractivity contribution in [1.29, 1.82) is 0 Å². The minimum absolute atomic E-state index is 0.0241. The van der Waals surface area contributed by atoms with Crippen molar-refractivity contribution in [3.63, 3.8) is 0 Å². The maximum atomic E-state index is 9.78. The summed E-state index contributed by atoms with van der Waals surface area (Å²) in [7, 11) is 0. The predicted molar refractivity (Wildman–Crippen MR) is 67.3 cm³/mol. The molecule has 1 rings (SSSR count). The molecule has 1 heterocycles. The normalized spacial score (nSPS) is 34.5. The Hall–Kier alpha value is -0.200. The lowest BCUT2D eigenvalue weighted by Crippen LogP contribution is -2.53. The van der Waals surface area contributed by atoms with Crippen molar-refractivity contribution >= 4 is 0 Å². The number of aliphatic hydroxyl groups is 3. The highest BCUT2D eigenvalue weighted by Crippen LogP contribution is 2.20. The number of rotatable bonds is 7. The first-order valence-corrected chi connectivity index (χ1v) is 6.83. The molecule has 5 atom stereocenters. The van der Waals surface area contributed by atoms with Gasteiger partial charge in [-0.1, -0.05) is 19.8 Å². The number of unbranched alkanes of at least 4 members (excludes halogenated alkanes) is 2. The molecule has 0 aromatic rings. The zero-order chi connectivity index (χ0) is 13.5. The average molecular weight is 262 g/mol. The number of ether oxygens (including phenoxy) is 2. The first-order chi connectivity index (χ1) is 8.56. The Morgan fingerprint density at radius 3 is 2.61 bits per heavy atom. The molecule has 0 aliphatic carbocycles. The van der Waals surface area contributed by atoms with Crippen molar-refractivity contribution in [2.75, 3.05) is 13.2 Å². The first kappa shape index (κ1) is 15.9. The van der Waals surface area contributed by atoms with E-state index in [4.69, 9.17) is 9.47 Å². The summed E-state index contributed by atoms with van der Waals surface area (Å²) < 4.78 is 11.0. The Bertz CT molecular complexity index is 223. The van der Waals surface area contributed by atoms with Crippen LogP contribution in [0.1, 0.15) is 39.5 Å². The van der Waals surface area contributed by atoms with E-state index in [1.165, 1.54) is 0 Å². The van der Waals surface area contributed by atoms with E-state index in [1.54, 1.807) is 0 Å². The van der Waals surface area contributed by atoms with Crippen LogP contribution in [0.3, 0.4) is 0 Å². The molecule has 0 spiro atoms. The lowest BCUT2D eigenvalue weighted by Gasteiger charge is -2.36. The Morgan fingerprint density at radius 1 is 1.22 bits per heavy atom. The molecule has 1 aliphatic heterocycles. The predicted octanol–water partition coefficient (Wildman–Crippen LogP) is 0.453. The van der Waals surface area contributed by atoms with Gasteiger partial charge in [0.05, 0.1) is 18.8 Å². The minimum Gasteiger partial charge on any atom is -0.388 e. The van der Waals surface area contributed by atoms with Crippen LogP contribution >= 0.6 is 0 Å². The van der Waals surface area contributed by atoms with Crippen LogP contribution in [0, 0.1) is 0 Å². The number of aliphatic hydroxyl groups excluding tert-OH is 3. The second kappa shape index (κ2) is 8.07. The molecular formula is C13H26O5. The summed E-state index contributed by atoms with van der Waals surface area (Å²) in [5, 5.41) is 28.7. The van der Waals surface area contributed by atoms with E-state index in [9.17, 15) is 15.3 Å². The van der Waals surface area contributed by atoms with Crippen LogP contribution < -0.4 is 0 Å². The van der Waals surface area contributed by atoms with E-state index >= 15 is 0 Å². The third-order valence-corrected chi connectivity index (χ3v) is 3.32. The lowest BCUT2D eigenvalue weighted by molar-refractivity contribution is -0.194. The van der Waals surface area contributed by atoms with Crippen LogP contribution in [-0.2, 0) is 9.47 Å². The molecular weight excluding hydrogens is 236 g/mol. The Kier molecular flexibility index (Phi) is 7.11. The summed E-state index contributed by atoms with van der Waals surface area (Å²) in [4.78, 5) is 0. The van der Waals surface area contributed by atoms with Gasteiger partial charge in [0, 0.05) is 13.0 Å². The largest absolute Gasteiger partial charge is 0.388 e. The smallest absolute Gasteiger partial charge is 0.111 e. The SMILES string of the molecule is CCCCCOC(C)C[C@@H]1OC[C@@H](O)[C@H](O)[C@H]1O. The van der Waals surface area contributed by atoms with E-state index in [-0.39, 0.29) is 12.7 Å². The van der Waals surface area contributed by atoms with Crippen molar-refractivity contribution in [1.82, 2.24) is 0 Å². The topological polar surface area (TPSA) is 79.2 Å². The van der Waals surface area contributed by atoms with E-state index in [2.05, 4.69) is 6.92 Å². The van der Waals surface area contributed by atoms with E-state index in [1.807, 2.05) is 6.92 Å². The molecule has 18 heavy (non-hydrogen) atoms. The fourth-order valence-electron chi connectivity index (χ4n) is 2.11. The van der Waals surface area contributed by atoms with Gasteiger partial charge < -0.3 is 24.8 Å². The standard InChI is InChI=1S/C13H26O5/c1-3-4-5-6-17-9(2)7-11-13(16)12(15)10(14)8-18-11/h9-16H,3-8H2,1-2H3/t9?,10-,11+,12+,13+/m1/s1. The highest BCUT2D eigenvalue weighted by atomic mass is 16.5. The van der Waals surface area contributed by atoms with Gasteiger partial charge in [-0.2, -0.15) is 0 Å². The van der Waals surface area contributed by atoms with Gasteiger partial charge in [-0.15, -0.1) is 0 Å². The highest BCUT2D eigenvalue weighted by molar-refractivity contribution is 4.87. The van der Waals surface area contributed by atoms with Gasteiger partial charge in [0.1, 0.15) is 18.3 Å². The van der Waals surface area contributed by atoms with Gasteiger partial charge in [0.25, 0.3) is 0 Å². The molecule has 5 nitrogen and oxygen atoms in total. The van der Waals surface area contributed by atoms with E-state index < -0.39 is 24.4 Å². The second-order valence-electron chi connectivity index (χ2n) is 5.04. The second-order valence-corrected chi connectivity index (χ2v) is 5.04. The molecule has 1 fully saturated rings. The van der Waals surface area contributed by atoms with Crippen LogP contribution in [0.25, 0.3) is 0 Å². The zero-order valence-electron chi connectivity index (χ0n) is 11.3. The Balaban J connectivity index is 2.24. The van der Waals surface area contributed by atoms with Crippen LogP contribution in [0.2, 0.25) is 0 Å². The molecule has 108 valence electrons. The molecule has 0 aromatic heterocycles. The molecule has 0 saturated carbocycles. The maximum Gasteiger partial charge on any atom is 0.111 e. The summed E-state index contributed by atoms with van der Waals surface area (Å²) in [5.74, 6) is 0. The number of hydrogen-bond donors (Lipinski definition) is 3.